The van der Waals surface area contributed by atoms with Crippen molar-refractivity contribution in [3.8, 4) is 11.3 Å². The van der Waals surface area contributed by atoms with Crippen LogP contribution in [-0.4, -0.2) is 36.6 Å². The molecule has 1 aromatic carbocycles. The first-order valence-corrected chi connectivity index (χ1v) is 12.1. The molecular formula is C27H26F3N5O2. The van der Waals surface area contributed by atoms with Gasteiger partial charge in [-0.25, -0.2) is 14.8 Å². The van der Waals surface area contributed by atoms with E-state index in [1.165, 1.54) is 6.07 Å². The van der Waals surface area contributed by atoms with Crippen LogP contribution in [0.3, 0.4) is 0 Å². The predicted molar refractivity (Wildman–Crippen MR) is 133 cm³/mol. The number of benzene rings is 1. The van der Waals surface area contributed by atoms with Gasteiger partial charge < -0.3 is 15.0 Å². The van der Waals surface area contributed by atoms with Crippen LogP contribution in [-0.2, 0) is 12.7 Å². The molecule has 0 spiro atoms. The van der Waals surface area contributed by atoms with E-state index < -0.39 is 17.7 Å². The van der Waals surface area contributed by atoms with Crippen molar-refractivity contribution in [1.29, 1.82) is 0 Å². The minimum absolute atomic E-state index is 0.0588. The second kappa shape index (κ2) is 9.49. The van der Waals surface area contributed by atoms with Gasteiger partial charge in [-0.15, -0.1) is 0 Å². The molecule has 37 heavy (non-hydrogen) atoms. The van der Waals surface area contributed by atoms with E-state index in [0.717, 1.165) is 48.3 Å². The third-order valence-electron chi connectivity index (χ3n) is 6.94. The first-order chi connectivity index (χ1) is 17.6. The number of pyridine rings is 1. The van der Waals surface area contributed by atoms with Crippen LogP contribution in [0.2, 0.25) is 0 Å². The van der Waals surface area contributed by atoms with Crippen LogP contribution in [0.25, 0.3) is 22.3 Å². The molecule has 1 atom stereocenters. The summed E-state index contributed by atoms with van der Waals surface area (Å²) in [6.45, 7) is 4.15. The SMILES string of the molecule is Cc1cccc(-c2cc3nc(C(=O)O)nc(NC(C)C4CCC4)c3n2Cc2ccc(C(F)(F)F)cn2)c1. The third kappa shape index (κ3) is 5.00. The fourth-order valence-corrected chi connectivity index (χ4v) is 4.69. The first kappa shape index (κ1) is 24.7. The molecule has 2 N–H and O–H groups in total. The number of fused-ring (bicyclic) bond motifs is 1. The summed E-state index contributed by atoms with van der Waals surface area (Å²) < 4.78 is 41.2. The lowest BCUT2D eigenvalue weighted by molar-refractivity contribution is -0.137. The number of aryl methyl sites for hydroxylation is 1. The molecule has 7 nitrogen and oxygen atoms in total. The molecule has 1 unspecified atom stereocenters. The van der Waals surface area contributed by atoms with E-state index in [9.17, 15) is 23.1 Å². The monoisotopic (exact) mass is 509 g/mol. The molecule has 0 saturated heterocycles. The number of carboxylic acid groups (broad SMARTS) is 1. The number of halogens is 3. The maximum atomic E-state index is 13.1. The number of carbonyl (C=O) groups is 1. The Morgan fingerprint density at radius 2 is 1.97 bits per heavy atom. The Hall–Kier alpha value is -3.95. The predicted octanol–water partition coefficient (Wildman–Crippen LogP) is 6.17. The highest BCUT2D eigenvalue weighted by atomic mass is 19.4. The molecular weight excluding hydrogens is 483 g/mol. The van der Waals surface area contributed by atoms with Gasteiger partial charge in [0, 0.05) is 12.2 Å². The number of aromatic carboxylic acids is 1. The summed E-state index contributed by atoms with van der Waals surface area (Å²) in [6, 6.07) is 12.0. The lowest BCUT2D eigenvalue weighted by Crippen LogP contribution is -2.31. The number of nitrogens with one attached hydrogen (secondary N) is 1. The van der Waals surface area contributed by atoms with Crippen LogP contribution < -0.4 is 5.32 Å². The van der Waals surface area contributed by atoms with E-state index in [2.05, 4.69) is 20.3 Å². The number of anilines is 1. The number of carboxylic acids is 1. The van der Waals surface area contributed by atoms with Crippen molar-refractivity contribution in [3.05, 3.63) is 71.3 Å². The van der Waals surface area contributed by atoms with Gasteiger partial charge in [0.25, 0.3) is 0 Å². The number of nitrogens with zero attached hydrogens (tertiary/aromatic N) is 4. The van der Waals surface area contributed by atoms with Gasteiger partial charge in [0.05, 0.1) is 29.0 Å². The number of rotatable bonds is 7. The molecule has 1 saturated carbocycles. The van der Waals surface area contributed by atoms with Crippen molar-refractivity contribution in [1.82, 2.24) is 19.5 Å². The molecule has 3 heterocycles. The van der Waals surface area contributed by atoms with E-state index in [4.69, 9.17) is 0 Å². The molecule has 0 aliphatic heterocycles. The summed E-state index contributed by atoms with van der Waals surface area (Å²) in [5.74, 6) is -0.728. The van der Waals surface area contributed by atoms with Gasteiger partial charge in [-0.05, 0) is 62.4 Å². The van der Waals surface area contributed by atoms with Gasteiger partial charge in [-0.3, -0.25) is 4.98 Å². The van der Waals surface area contributed by atoms with Crippen molar-refractivity contribution in [2.45, 2.75) is 51.9 Å². The van der Waals surface area contributed by atoms with Crippen molar-refractivity contribution >= 4 is 22.8 Å². The molecule has 5 rings (SSSR count). The number of hydrogen-bond donors (Lipinski definition) is 2. The molecule has 0 bridgehead atoms. The Bertz CT molecular complexity index is 1460. The van der Waals surface area contributed by atoms with Crippen molar-refractivity contribution < 1.29 is 23.1 Å². The summed E-state index contributed by atoms with van der Waals surface area (Å²) >= 11 is 0. The van der Waals surface area contributed by atoms with Gasteiger partial charge in [0.2, 0.25) is 5.82 Å². The van der Waals surface area contributed by atoms with Crippen LogP contribution in [0.5, 0.6) is 0 Å². The van der Waals surface area contributed by atoms with Gasteiger partial charge in [-0.2, -0.15) is 13.2 Å². The van der Waals surface area contributed by atoms with E-state index in [1.54, 1.807) is 6.07 Å². The van der Waals surface area contributed by atoms with Crippen molar-refractivity contribution in [2.75, 3.05) is 5.32 Å². The number of aromatic nitrogens is 4. The average Bonchev–Trinajstić information content (AvgIpc) is 3.16. The van der Waals surface area contributed by atoms with Crippen LogP contribution in [0, 0.1) is 12.8 Å². The van der Waals surface area contributed by atoms with Crippen molar-refractivity contribution in [3.63, 3.8) is 0 Å². The molecule has 1 aliphatic carbocycles. The van der Waals surface area contributed by atoms with Crippen LogP contribution in [0.4, 0.5) is 19.0 Å². The van der Waals surface area contributed by atoms with E-state index >= 15 is 0 Å². The minimum Gasteiger partial charge on any atom is -0.475 e. The van der Waals surface area contributed by atoms with Crippen LogP contribution in [0.15, 0.2) is 48.7 Å². The zero-order valence-corrected chi connectivity index (χ0v) is 20.4. The van der Waals surface area contributed by atoms with Gasteiger partial charge >= 0.3 is 12.1 Å². The molecule has 0 amide bonds. The van der Waals surface area contributed by atoms with Crippen molar-refractivity contribution in [2.24, 2.45) is 5.92 Å². The Labute approximate surface area is 211 Å². The van der Waals surface area contributed by atoms with E-state index in [0.29, 0.717) is 28.5 Å². The molecule has 4 aromatic rings. The Kier molecular flexibility index (Phi) is 6.35. The Morgan fingerprint density at radius 1 is 1.19 bits per heavy atom. The zero-order valence-electron chi connectivity index (χ0n) is 20.4. The lowest BCUT2D eigenvalue weighted by Gasteiger charge is -2.32. The molecule has 3 aromatic heterocycles. The minimum atomic E-state index is -4.48. The maximum Gasteiger partial charge on any atom is 0.417 e. The summed E-state index contributed by atoms with van der Waals surface area (Å²) in [6.07, 6.45) is -0.333. The second-order valence-electron chi connectivity index (χ2n) is 9.58. The largest absolute Gasteiger partial charge is 0.475 e. The summed E-state index contributed by atoms with van der Waals surface area (Å²) in [7, 11) is 0. The number of alkyl halides is 3. The quantitative estimate of drug-likeness (QED) is 0.310. The second-order valence-corrected chi connectivity index (χ2v) is 9.58. The smallest absolute Gasteiger partial charge is 0.417 e. The first-order valence-electron chi connectivity index (χ1n) is 12.1. The van der Waals surface area contributed by atoms with Crippen LogP contribution in [0.1, 0.15) is 53.6 Å². The molecule has 10 heteroatoms. The molecule has 1 aliphatic rings. The lowest BCUT2D eigenvalue weighted by atomic mass is 9.80. The third-order valence-corrected chi connectivity index (χ3v) is 6.94. The normalized spacial score (nSPS) is 14.9. The van der Waals surface area contributed by atoms with E-state index in [1.807, 2.05) is 42.7 Å². The summed E-state index contributed by atoms with van der Waals surface area (Å²) in [5.41, 5.74) is 3.22. The standard InChI is InChI=1S/C27H26F3N5O2/c1-15-5-3-8-18(11-15)22-12-21-23(35(22)14-20-10-9-19(13-31-20)27(28,29)30)24(34-25(33-21)26(36)37)32-16(2)17-6-4-7-17/h3,5,8-13,16-17H,4,6-7,14H2,1-2H3,(H,36,37)(H,32,33,34). The summed E-state index contributed by atoms with van der Waals surface area (Å²) in [4.78, 5) is 24.5. The molecule has 1 fully saturated rings. The Balaban J connectivity index is 1.68. The van der Waals surface area contributed by atoms with Gasteiger partial charge in [0.1, 0.15) is 5.52 Å². The average molecular weight is 510 g/mol. The van der Waals surface area contributed by atoms with Crippen LogP contribution >= 0.6 is 0 Å². The fourth-order valence-electron chi connectivity index (χ4n) is 4.69. The highest BCUT2D eigenvalue weighted by Gasteiger charge is 2.31. The maximum absolute atomic E-state index is 13.1. The molecule has 192 valence electrons. The highest BCUT2D eigenvalue weighted by Crippen LogP contribution is 2.35. The zero-order chi connectivity index (χ0) is 26.3. The molecule has 0 radical (unpaired) electrons. The van der Waals surface area contributed by atoms with Gasteiger partial charge in [0.15, 0.2) is 5.82 Å². The highest BCUT2D eigenvalue weighted by molar-refractivity contribution is 5.95. The Morgan fingerprint density at radius 3 is 2.57 bits per heavy atom. The fraction of sp³-hybridized carbons (Fsp3) is 0.333. The topological polar surface area (TPSA) is 92.9 Å². The number of hydrogen-bond acceptors (Lipinski definition) is 5. The summed E-state index contributed by atoms with van der Waals surface area (Å²) in [5, 5.41) is 13.1. The van der Waals surface area contributed by atoms with Gasteiger partial charge in [-0.1, -0.05) is 30.2 Å². The van der Waals surface area contributed by atoms with E-state index in [-0.39, 0.29) is 18.4 Å².